The molecule has 1 aliphatic carbocycles. The summed E-state index contributed by atoms with van der Waals surface area (Å²) >= 11 is 0. The first kappa shape index (κ1) is 19.0. The maximum Gasteiger partial charge on any atom is 0.323 e. The number of aromatic nitrogens is 1. The number of aromatic hydroxyl groups is 1. The highest BCUT2D eigenvalue weighted by Gasteiger charge is 2.32. The summed E-state index contributed by atoms with van der Waals surface area (Å²) in [6.45, 7) is 1.09. The fourth-order valence-corrected chi connectivity index (χ4v) is 3.75. The van der Waals surface area contributed by atoms with Crippen molar-refractivity contribution in [1.29, 1.82) is 0 Å². The molecule has 1 aromatic heterocycles. The number of carbonyl (C=O) groups excluding carboxylic acids is 1. The van der Waals surface area contributed by atoms with Crippen LogP contribution in [0, 0.1) is 12.8 Å². The second-order valence-corrected chi connectivity index (χ2v) is 6.65. The Morgan fingerprint density at radius 1 is 1.32 bits per heavy atom. The number of rotatable bonds is 6. The van der Waals surface area contributed by atoms with Gasteiger partial charge in [-0.3, -0.25) is 14.4 Å². The van der Waals surface area contributed by atoms with Crippen LogP contribution in [-0.4, -0.2) is 33.8 Å². The molecule has 1 aliphatic rings. The van der Waals surface area contributed by atoms with Gasteiger partial charge in [0.2, 0.25) is 0 Å². The molecule has 1 saturated carbocycles. The van der Waals surface area contributed by atoms with E-state index < -0.39 is 30.0 Å². The van der Waals surface area contributed by atoms with Gasteiger partial charge in [0, 0.05) is 11.6 Å². The number of aryl methyl sites for hydroxylation is 1. The number of carboxylic acid groups (broad SMARTS) is 1. The van der Waals surface area contributed by atoms with Crippen molar-refractivity contribution in [3.05, 3.63) is 27.7 Å². The van der Waals surface area contributed by atoms with Crippen LogP contribution in [-0.2, 0) is 20.9 Å². The third kappa shape index (κ3) is 4.41. The fourth-order valence-electron chi connectivity index (χ4n) is 3.75. The molecule has 0 aliphatic heterocycles. The number of esters is 1. The largest absolute Gasteiger partial charge is 0.507 e. The molecule has 138 valence electrons. The lowest BCUT2D eigenvalue weighted by molar-refractivity contribution is -0.141. The van der Waals surface area contributed by atoms with E-state index in [1.807, 2.05) is 0 Å². The zero-order chi connectivity index (χ0) is 18.6. The maximum atomic E-state index is 12.9. The fraction of sp³-hybridized carbons (Fsp3) is 0.611. The first-order valence-electron chi connectivity index (χ1n) is 8.57. The van der Waals surface area contributed by atoms with E-state index in [4.69, 9.17) is 9.84 Å². The molecule has 1 heterocycles. The summed E-state index contributed by atoms with van der Waals surface area (Å²) in [5.41, 5.74) is -0.0439. The van der Waals surface area contributed by atoms with Gasteiger partial charge in [-0.05, 0) is 31.7 Å². The Morgan fingerprint density at radius 3 is 2.52 bits per heavy atom. The number of pyridine rings is 1. The molecule has 0 bridgehead atoms. The van der Waals surface area contributed by atoms with E-state index >= 15 is 0 Å². The average molecular weight is 351 g/mol. The smallest absolute Gasteiger partial charge is 0.323 e. The summed E-state index contributed by atoms with van der Waals surface area (Å²) in [4.78, 5) is 35.8. The van der Waals surface area contributed by atoms with Crippen molar-refractivity contribution < 1.29 is 24.5 Å². The van der Waals surface area contributed by atoms with Gasteiger partial charge in [0.1, 0.15) is 12.3 Å². The predicted molar refractivity (Wildman–Crippen MR) is 90.7 cm³/mol. The second-order valence-electron chi connectivity index (χ2n) is 6.65. The summed E-state index contributed by atoms with van der Waals surface area (Å²) in [5.74, 6) is -2.14. The molecule has 0 spiro atoms. The van der Waals surface area contributed by atoms with Crippen molar-refractivity contribution >= 4 is 11.9 Å². The lowest BCUT2D eigenvalue weighted by atomic mass is 9.75. The number of ether oxygens (including phenoxy) is 1. The number of hydrogen-bond donors (Lipinski definition) is 2. The summed E-state index contributed by atoms with van der Waals surface area (Å²) < 4.78 is 5.90. The van der Waals surface area contributed by atoms with E-state index in [2.05, 4.69) is 0 Å². The van der Waals surface area contributed by atoms with Crippen molar-refractivity contribution in [2.75, 3.05) is 7.11 Å². The molecule has 0 aromatic carbocycles. The van der Waals surface area contributed by atoms with E-state index in [1.165, 1.54) is 13.2 Å². The molecule has 0 radical (unpaired) electrons. The van der Waals surface area contributed by atoms with Crippen LogP contribution in [0.15, 0.2) is 10.9 Å². The van der Waals surface area contributed by atoms with E-state index in [-0.39, 0.29) is 23.7 Å². The second kappa shape index (κ2) is 8.18. The van der Waals surface area contributed by atoms with Gasteiger partial charge in [-0.15, -0.1) is 0 Å². The third-order valence-electron chi connectivity index (χ3n) is 5.02. The summed E-state index contributed by atoms with van der Waals surface area (Å²) in [7, 11) is 1.29. The average Bonchev–Trinajstić information content (AvgIpc) is 2.58. The van der Waals surface area contributed by atoms with Crippen molar-refractivity contribution in [2.45, 2.75) is 57.9 Å². The zero-order valence-electron chi connectivity index (χ0n) is 14.7. The van der Waals surface area contributed by atoms with Crippen LogP contribution in [0.4, 0.5) is 0 Å². The topological polar surface area (TPSA) is 106 Å². The van der Waals surface area contributed by atoms with Crippen LogP contribution < -0.4 is 5.56 Å². The minimum atomic E-state index is -1.14. The summed E-state index contributed by atoms with van der Waals surface area (Å²) in [6.07, 6.45) is 4.88. The molecule has 1 atom stereocenters. The SMILES string of the molecule is COC(=O)C[C@H](c1c(O)cc(C)n(CC(=O)O)c1=O)C1CCCCC1. The van der Waals surface area contributed by atoms with Crippen LogP contribution in [0.3, 0.4) is 0 Å². The predicted octanol–water partition coefficient (Wildman–Crippen LogP) is 2.17. The Bertz CT molecular complexity index is 702. The Morgan fingerprint density at radius 2 is 1.96 bits per heavy atom. The van der Waals surface area contributed by atoms with Gasteiger partial charge in [0.05, 0.1) is 19.1 Å². The third-order valence-corrected chi connectivity index (χ3v) is 5.02. The Balaban J connectivity index is 2.52. The minimum Gasteiger partial charge on any atom is -0.507 e. The summed E-state index contributed by atoms with van der Waals surface area (Å²) in [5, 5.41) is 19.5. The van der Waals surface area contributed by atoms with Gasteiger partial charge in [-0.2, -0.15) is 0 Å². The van der Waals surface area contributed by atoms with Crippen molar-refractivity contribution in [3.63, 3.8) is 0 Å². The lowest BCUT2D eigenvalue weighted by Gasteiger charge is -2.30. The van der Waals surface area contributed by atoms with Crippen molar-refractivity contribution in [2.24, 2.45) is 5.92 Å². The van der Waals surface area contributed by atoms with Gasteiger partial charge >= 0.3 is 11.9 Å². The minimum absolute atomic E-state index is 0.0000983. The van der Waals surface area contributed by atoms with E-state index in [0.717, 1.165) is 36.7 Å². The number of aliphatic carboxylic acids is 1. The molecule has 0 unspecified atom stereocenters. The molecule has 1 aromatic rings. The van der Waals surface area contributed by atoms with E-state index in [0.29, 0.717) is 5.69 Å². The molecule has 25 heavy (non-hydrogen) atoms. The summed E-state index contributed by atoms with van der Waals surface area (Å²) in [6, 6.07) is 1.40. The number of hydrogen-bond acceptors (Lipinski definition) is 5. The van der Waals surface area contributed by atoms with Crippen LogP contribution in [0.1, 0.15) is 55.7 Å². The molecule has 0 amide bonds. The highest BCUT2D eigenvalue weighted by atomic mass is 16.5. The standard InChI is InChI=1S/C18H25NO6/c1-11-8-14(20)17(18(24)19(11)10-15(21)22)13(9-16(23)25-2)12-6-4-3-5-7-12/h8,12-13,20H,3-7,9-10H2,1-2H3,(H,21,22)/t13-/m0/s1. The van der Waals surface area contributed by atoms with E-state index in [1.54, 1.807) is 6.92 Å². The number of carbonyl (C=O) groups is 2. The lowest BCUT2D eigenvalue weighted by Crippen LogP contribution is -2.33. The molecule has 0 saturated heterocycles. The van der Waals surface area contributed by atoms with Crippen LogP contribution in [0.5, 0.6) is 5.75 Å². The first-order chi connectivity index (χ1) is 11.8. The van der Waals surface area contributed by atoms with Crippen molar-refractivity contribution in [3.8, 4) is 5.75 Å². The van der Waals surface area contributed by atoms with Crippen LogP contribution >= 0.6 is 0 Å². The highest BCUT2D eigenvalue weighted by molar-refractivity contribution is 5.70. The number of nitrogens with zero attached hydrogens (tertiary/aromatic N) is 1. The van der Waals surface area contributed by atoms with Gasteiger partial charge < -0.3 is 19.5 Å². The molecule has 1 fully saturated rings. The van der Waals surface area contributed by atoms with Gasteiger partial charge in [0.25, 0.3) is 5.56 Å². The highest BCUT2D eigenvalue weighted by Crippen LogP contribution is 2.40. The van der Waals surface area contributed by atoms with Crippen LogP contribution in [0.2, 0.25) is 0 Å². The molecular formula is C18H25NO6. The Hall–Kier alpha value is -2.31. The normalized spacial score (nSPS) is 16.4. The van der Waals surface area contributed by atoms with Gasteiger partial charge in [-0.1, -0.05) is 19.3 Å². The molecule has 2 N–H and O–H groups in total. The number of carboxylic acids is 1. The zero-order valence-corrected chi connectivity index (χ0v) is 14.7. The van der Waals surface area contributed by atoms with Crippen molar-refractivity contribution in [1.82, 2.24) is 4.57 Å². The quantitative estimate of drug-likeness (QED) is 0.761. The molecule has 2 rings (SSSR count). The molecular weight excluding hydrogens is 326 g/mol. The monoisotopic (exact) mass is 351 g/mol. The molecule has 7 heteroatoms. The van der Waals surface area contributed by atoms with E-state index in [9.17, 15) is 19.5 Å². The maximum absolute atomic E-state index is 12.9. The molecule has 7 nitrogen and oxygen atoms in total. The van der Waals surface area contributed by atoms with Crippen LogP contribution in [0.25, 0.3) is 0 Å². The Labute approximate surface area is 146 Å². The first-order valence-corrected chi connectivity index (χ1v) is 8.57. The Kier molecular flexibility index (Phi) is 6.22. The number of methoxy groups -OCH3 is 1. The van der Waals surface area contributed by atoms with Gasteiger partial charge in [0.15, 0.2) is 0 Å². The van der Waals surface area contributed by atoms with Gasteiger partial charge in [-0.25, -0.2) is 0 Å².